The maximum absolute atomic E-state index is 12.8. The highest BCUT2D eigenvalue weighted by molar-refractivity contribution is 5.84. The Labute approximate surface area is 226 Å². The largest absolute Gasteiger partial charge is 0.508 e. The molecule has 0 unspecified atom stereocenters. The van der Waals surface area contributed by atoms with Crippen molar-refractivity contribution in [3.8, 4) is 34.1 Å². The lowest BCUT2D eigenvalue weighted by Gasteiger charge is -2.18. The van der Waals surface area contributed by atoms with Crippen molar-refractivity contribution in [3.05, 3.63) is 99.7 Å². The topological polar surface area (TPSA) is 159 Å². The fourth-order valence-corrected chi connectivity index (χ4v) is 5.13. The fourth-order valence-electron chi connectivity index (χ4n) is 5.13. The number of phenols is 2. The molecular weight excluding hydrogens is 516 g/mol. The van der Waals surface area contributed by atoms with Gasteiger partial charge < -0.3 is 29.8 Å². The third-order valence-corrected chi connectivity index (χ3v) is 6.99. The van der Waals surface area contributed by atoms with Gasteiger partial charge in [0.05, 0.1) is 0 Å². The number of carboxylic acid groups (broad SMARTS) is 1. The minimum atomic E-state index is -1.46. The molecule has 1 atom stereocenters. The molecule has 1 aliphatic heterocycles. The van der Waals surface area contributed by atoms with Crippen molar-refractivity contribution in [2.24, 2.45) is 0 Å². The van der Waals surface area contributed by atoms with Crippen molar-refractivity contribution in [3.63, 3.8) is 0 Å². The second-order valence-corrected chi connectivity index (χ2v) is 9.52. The van der Waals surface area contributed by atoms with Gasteiger partial charge in [0.2, 0.25) is 0 Å². The van der Waals surface area contributed by atoms with E-state index in [0.717, 1.165) is 34.4 Å². The van der Waals surface area contributed by atoms with Crippen LogP contribution >= 0.6 is 0 Å². The van der Waals surface area contributed by atoms with E-state index >= 15 is 0 Å². The molecule has 1 amide bonds. The number of alkyl carbamates (subject to hydrolysis) is 1. The van der Waals surface area contributed by atoms with Crippen LogP contribution in [0.3, 0.4) is 0 Å². The van der Waals surface area contributed by atoms with Gasteiger partial charge in [-0.3, -0.25) is 4.79 Å². The normalized spacial score (nSPS) is 13.1. The highest BCUT2D eigenvalue weighted by atomic mass is 16.5. The minimum Gasteiger partial charge on any atom is -0.508 e. The number of aliphatic carboxylic acids is 1. The van der Waals surface area contributed by atoms with E-state index in [4.69, 9.17) is 9.15 Å². The Morgan fingerprint density at radius 2 is 1.65 bits per heavy atom. The number of nitrogens with one attached hydrogen (secondary N) is 1. The molecule has 0 saturated carbocycles. The number of aromatic nitrogens is 1. The molecular formula is C30H22N2O8. The summed E-state index contributed by atoms with van der Waals surface area (Å²) in [6, 6.07) is 19.1. The van der Waals surface area contributed by atoms with Gasteiger partial charge in [-0.15, -0.1) is 0 Å². The predicted molar refractivity (Wildman–Crippen MR) is 144 cm³/mol. The number of rotatable bonds is 6. The standard InChI is InChI=1S/C30H22N2O8/c33-16-11-25(35)28-27(12-16)40-26-13-24(34)15(9-22(26)31-28)10-23(29(36)37)32-30(38)39-14-21-19-7-3-1-5-17(19)18-6-2-4-8-20(18)21/h1-9,11-13,21,23,33,35H,10,14H2,(H,32,38)(H,36,37)/t23-/m0/s1. The van der Waals surface area contributed by atoms with Crippen molar-refractivity contribution in [2.45, 2.75) is 18.4 Å². The van der Waals surface area contributed by atoms with Crippen molar-refractivity contribution in [1.29, 1.82) is 0 Å². The maximum atomic E-state index is 12.8. The van der Waals surface area contributed by atoms with E-state index in [0.29, 0.717) is 0 Å². The summed E-state index contributed by atoms with van der Waals surface area (Å²) < 4.78 is 11.1. The van der Waals surface area contributed by atoms with E-state index in [1.165, 1.54) is 12.1 Å². The Balaban J connectivity index is 1.20. The first-order valence-corrected chi connectivity index (χ1v) is 12.4. The molecule has 3 aromatic rings. The number of amides is 1. The van der Waals surface area contributed by atoms with Gasteiger partial charge in [0.25, 0.3) is 0 Å². The number of hydrogen-bond donors (Lipinski definition) is 4. The molecule has 3 aliphatic rings. The Hall–Kier alpha value is -5.38. The number of aromatic hydroxyl groups is 2. The molecule has 3 aromatic carbocycles. The number of carbonyl (C=O) groups is 2. The zero-order chi connectivity index (χ0) is 28.0. The maximum Gasteiger partial charge on any atom is 0.407 e. The molecule has 10 heteroatoms. The quantitative estimate of drug-likeness (QED) is 0.232. The second kappa shape index (κ2) is 9.73. The molecule has 40 heavy (non-hydrogen) atoms. The van der Waals surface area contributed by atoms with Crippen LogP contribution < -0.4 is 10.7 Å². The van der Waals surface area contributed by atoms with Gasteiger partial charge in [0.1, 0.15) is 35.4 Å². The number of ether oxygens (including phenoxy) is 1. The number of benzene rings is 4. The molecule has 4 N–H and O–H groups in total. The van der Waals surface area contributed by atoms with Crippen LogP contribution in [0.5, 0.6) is 11.5 Å². The van der Waals surface area contributed by atoms with Gasteiger partial charge in [0.15, 0.2) is 16.8 Å². The molecule has 0 radical (unpaired) electrons. The molecule has 2 aliphatic carbocycles. The summed E-state index contributed by atoms with van der Waals surface area (Å²) in [7, 11) is 0. The van der Waals surface area contributed by atoms with E-state index in [9.17, 15) is 29.7 Å². The van der Waals surface area contributed by atoms with Crippen molar-refractivity contribution < 1.29 is 34.1 Å². The molecule has 200 valence electrons. The lowest BCUT2D eigenvalue weighted by atomic mass is 9.98. The van der Waals surface area contributed by atoms with Crippen LogP contribution in [-0.2, 0) is 16.0 Å². The molecule has 0 bridgehead atoms. The van der Waals surface area contributed by atoms with Crippen LogP contribution in [0.4, 0.5) is 4.79 Å². The fraction of sp³-hybridized carbons (Fsp3) is 0.133. The lowest BCUT2D eigenvalue weighted by Crippen LogP contribution is -2.43. The van der Waals surface area contributed by atoms with E-state index in [2.05, 4.69) is 10.3 Å². The molecule has 10 nitrogen and oxygen atoms in total. The average Bonchev–Trinajstić information content (AvgIpc) is 3.24. The van der Waals surface area contributed by atoms with Gasteiger partial charge in [-0.05, 0) is 28.3 Å². The van der Waals surface area contributed by atoms with E-state index < -0.39 is 23.5 Å². The number of carbonyl (C=O) groups excluding carboxylic acids is 1. The van der Waals surface area contributed by atoms with Crippen LogP contribution in [0.2, 0.25) is 0 Å². The highest BCUT2D eigenvalue weighted by Gasteiger charge is 2.30. The number of phenolic OH excluding ortho intramolecular Hbond substituents is 2. The number of hydrogen-bond acceptors (Lipinski definition) is 8. The van der Waals surface area contributed by atoms with E-state index in [-0.39, 0.29) is 58.6 Å². The zero-order valence-corrected chi connectivity index (χ0v) is 20.8. The molecule has 0 fully saturated rings. The Bertz CT molecular complexity index is 1780. The van der Waals surface area contributed by atoms with Gasteiger partial charge in [-0.2, -0.15) is 0 Å². The summed E-state index contributed by atoms with van der Waals surface area (Å²) in [4.78, 5) is 41.7. The first-order chi connectivity index (χ1) is 19.3. The van der Waals surface area contributed by atoms with E-state index in [1.807, 2.05) is 48.5 Å². The Kier molecular flexibility index (Phi) is 6.07. The smallest absolute Gasteiger partial charge is 0.407 e. The third kappa shape index (κ3) is 4.45. The number of fused-ring (bicyclic) bond motifs is 5. The molecule has 6 rings (SSSR count). The predicted octanol–water partition coefficient (Wildman–Crippen LogP) is 4.24. The van der Waals surface area contributed by atoms with Crippen LogP contribution in [0.25, 0.3) is 33.7 Å². The summed E-state index contributed by atoms with van der Waals surface area (Å²) in [6.45, 7) is 0.00647. The second-order valence-electron chi connectivity index (χ2n) is 9.52. The van der Waals surface area contributed by atoms with Crippen molar-refractivity contribution >= 4 is 23.2 Å². The minimum absolute atomic E-state index is 0.00647. The monoisotopic (exact) mass is 538 g/mol. The molecule has 1 heterocycles. The SMILES string of the molecule is O=C(N[C@@H](Cc1cc2nc3c(O)cc(O)cc3oc-2cc1=O)C(=O)O)OCC1c2ccccc2-c2ccccc21. The Morgan fingerprint density at radius 1 is 0.975 bits per heavy atom. The van der Waals surface area contributed by atoms with Gasteiger partial charge >= 0.3 is 12.1 Å². The van der Waals surface area contributed by atoms with Crippen molar-refractivity contribution in [2.75, 3.05) is 6.61 Å². The highest BCUT2D eigenvalue weighted by Crippen LogP contribution is 2.44. The molecule has 0 spiro atoms. The summed E-state index contributed by atoms with van der Waals surface area (Å²) in [6.07, 6.45) is -1.26. The number of carboxylic acids is 1. The zero-order valence-electron chi connectivity index (χ0n) is 20.8. The van der Waals surface area contributed by atoms with Gasteiger partial charge in [0, 0.05) is 36.1 Å². The van der Waals surface area contributed by atoms with Gasteiger partial charge in [-0.25, -0.2) is 14.6 Å². The summed E-state index contributed by atoms with van der Waals surface area (Å²) >= 11 is 0. The Morgan fingerprint density at radius 3 is 2.33 bits per heavy atom. The van der Waals surface area contributed by atoms with Gasteiger partial charge in [-0.1, -0.05) is 48.5 Å². The van der Waals surface area contributed by atoms with Crippen LogP contribution in [0.1, 0.15) is 22.6 Å². The summed E-state index contributed by atoms with van der Waals surface area (Å²) in [5.41, 5.74) is 4.02. The van der Waals surface area contributed by atoms with Crippen LogP contribution in [-0.4, -0.2) is 45.0 Å². The van der Waals surface area contributed by atoms with Crippen LogP contribution in [0, 0.1) is 0 Å². The summed E-state index contributed by atoms with van der Waals surface area (Å²) in [5.74, 6) is -2.02. The average molecular weight is 539 g/mol. The number of nitrogens with zero attached hydrogens (tertiary/aromatic N) is 1. The molecule has 0 aromatic heterocycles. The third-order valence-electron chi connectivity index (χ3n) is 6.99. The lowest BCUT2D eigenvalue weighted by molar-refractivity contribution is -0.139. The summed E-state index contributed by atoms with van der Waals surface area (Å²) in [5, 5.41) is 31.9. The van der Waals surface area contributed by atoms with Crippen LogP contribution in [0.15, 0.2) is 82.0 Å². The van der Waals surface area contributed by atoms with E-state index in [1.54, 1.807) is 0 Å². The first-order valence-electron chi connectivity index (χ1n) is 12.4. The van der Waals surface area contributed by atoms with Crippen molar-refractivity contribution in [1.82, 2.24) is 10.3 Å². The molecule has 0 saturated heterocycles. The first kappa shape index (κ1) is 24.9.